The van der Waals surface area contributed by atoms with Crippen LogP contribution in [-0.4, -0.2) is 40.0 Å². The van der Waals surface area contributed by atoms with Crippen LogP contribution in [0.2, 0.25) is 0 Å². The maximum Gasteiger partial charge on any atom is 0.279 e. The van der Waals surface area contributed by atoms with Crippen molar-refractivity contribution in [3.05, 3.63) is 51.1 Å². The normalized spacial score (nSPS) is 15.6. The number of nitro groups is 1. The average Bonchev–Trinajstić information content (AvgIpc) is 2.70. The predicted molar refractivity (Wildman–Crippen MR) is 97.2 cm³/mol. The lowest BCUT2D eigenvalue weighted by atomic mass is 9.91. The number of nitrogens with zero attached hydrogens (tertiary/aromatic N) is 1. The number of hydrogen-bond donors (Lipinski definition) is 0. The third kappa shape index (κ3) is 3.35. The Balaban J connectivity index is 2.20. The van der Waals surface area contributed by atoms with Gasteiger partial charge in [0.2, 0.25) is 0 Å². The Morgan fingerprint density at radius 2 is 1.41 bits per heavy atom. The van der Waals surface area contributed by atoms with Gasteiger partial charge in [-0.2, -0.15) is 0 Å². The molecule has 0 amide bonds. The fourth-order valence-corrected chi connectivity index (χ4v) is 3.28. The molecule has 1 atom stereocenters. The molecular formula is C19H21NO7. The molecule has 1 aliphatic heterocycles. The summed E-state index contributed by atoms with van der Waals surface area (Å²) in [5, 5.41) is 11.7. The summed E-state index contributed by atoms with van der Waals surface area (Å²) in [5.41, 5.74) is 2.09. The Kier molecular flexibility index (Phi) is 5.36. The van der Waals surface area contributed by atoms with Crippen molar-refractivity contribution in [3.63, 3.8) is 0 Å². The van der Waals surface area contributed by atoms with Crippen LogP contribution >= 0.6 is 0 Å². The summed E-state index contributed by atoms with van der Waals surface area (Å²) in [6, 6.07) is 6.63. The molecule has 0 saturated heterocycles. The van der Waals surface area contributed by atoms with Crippen LogP contribution in [0, 0.1) is 10.1 Å². The van der Waals surface area contributed by atoms with Gasteiger partial charge in [0.15, 0.2) is 23.0 Å². The second-order valence-corrected chi connectivity index (χ2v) is 5.93. The van der Waals surface area contributed by atoms with E-state index in [0.717, 1.165) is 11.1 Å². The van der Waals surface area contributed by atoms with Crippen LogP contribution in [0.5, 0.6) is 23.0 Å². The maximum atomic E-state index is 11.7. The Morgan fingerprint density at radius 3 is 1.96 bits per heavy atom. The summed E-state index contributed by atoms with van der Waals surface area (Å²) in [6.45, 7) is 0.429. The molecule has 8 nitrogen and oxygen atoms in total. The SMILES string of the molecule is COc1cc2c(cc1OC)[C@H](c1cc(OC)c(OC)cc1[N+](=O)[O-])OCC2. The van der Waals surface area contributed by atoms with E-state index >= 15 is 0 Å². The summed E-state index contributed by atoms with van der Waals surface area (Å²) in [6.07, 6.45) is 0.0431. The van der Waals surface area contributed by atoms with Gasteiger partial charge in [-0.15, -0.1) is 0 Å². The first-order valence-corrected chi connectivity index (χ1v) is 8.30. The second-order valence-electron chi connectivity index (χ2n) is 5.93. The van der Waals surface area contributed by atoms with Crippen molar-refractivity contribution in [2.24, 2.45) is 0 Å². The van der Waals surface area contributed by atoms with Gasteiger partial charge in [0.1, 0.15) is 6.10 Å². The van der Waals surface area contributed by atoms with Gasteiger partial charge in [0, 0.05) is 0 Å². The molecule has 1 aliphatic rings. The van der Waals surface area contributed by atoms with E-state index in [0.29, 0.717) is 35.8 Å². The molecule has 0 bridgehead atoms. The molecule has 0 saturated carbocycles. The van der Waals surface area contributed by atoms with Crippen molar-refractivity contribution in [1.82, 2.24) is 0 Å². The Labute approximate surface area is 156 Å². The fraction of sp³-hybridized carbons (Fsp3) is 0.368. The van der Waals surface area contributed by atoms with E-state index in [1.807, 2.05) is 6.07 Å². The molecule has 0 aliphatic carbocycles. The van der Waals surface area contributed by atoms with Crippen molar-refractivity contribution >= 4 is 5.69 Å². The maximum absolute atomic E-state index is 11.7. The van der Waals surface area contributed by atoms with E-state index in [4.69, 9.17) is 23.7 Å². The van der Waals surface area contributed by atoms with Gasteiger partial charge in [-0.25, -0.2) is 0 Å². The Hall–Kier alpha value is -3.00. The number of nitro benzene ring substituents is 1. The zero-order chi connectivity index (χ0) is 19.6. The first kappa shape index (κ1) is 18.8. The van der Waals surface area contributed by atoms with Crippen molar-refractivity contribution in [2.75, 3.05) is 35.0 Å². The van der Waals surface area contributed by atoms with Crippen LogP contribution < -0.4 is 18.9 Å². The van der Waals surface area contributed by atoms with Gasteiger partial charge in [-0.1, -0.05) is 0 Å². The number of rotatable bonds is 6. The van der Waals surface area contributed by atoms with Crippen molar-refractivity contribution in [3.8, 4) is 23.0 Å². The molecule has 8 heteroatoms. The number of fused-ring (bicyclic) bond motifs is 1. The van der Waals surface area contributed by atoms with Crippen molar-refractivity contribution < 1.29 is 28.6 Å². The molecule has 2 aromatic rings. The van der Waals surface area contributed by atoms with Crippen LogP contribution in [0.4, 0.5) is 5.69 Å². The smallest absolute Gasteiger partial charge is 0.279 e. The third-order valence-electron chi connectivity index (χ3n) is 4.60. The lowest BCUT2D eigenvalue weighted by Crippen LogP contribution is -2.19. The van der Waals surface area contributed by atoms with E-state index in [1.54, 1.807) is 26.4 Å². The number of methoxy groups -OCH3 is 4. The van der Waals surface area contributed by atoms with Gasteiger partial charge in [0.05, 0.1) is 51.6 Å². The first-order chi connectivity index (χ1) is 13.0. The summed E-state index contributed by atoms with van der Waals surface area (Å²) >= 11 is 0. The van der Waals surface area contributed by atoms with E-state index in [1.165, 1.54) is 20.3 Å². The largest absolute Gasteiger partial charge is 0.493 e. The van der Waals surface area contributed by atoms with E-state index < -0.39 is 11.0 Å². The average molecular weight is 375 g/mol. The highest BCUT2D eigenvalue weighted by molar-refractivity contribution is 5.59. The zero-order valence-corrected chi connectivity index (χ0v) is 15.6. The topological polar surface area (TPSA) is 89.3 Å². The lowest BCUT2D eigenvalue weighted by Gasteiger charge is -2.28. The molecule has 0 N–H and O–H groups in total. The highest BCUT2D eigenvalue weighted by atomic mass is 16.6. The van der Waals surface area contributed by atoms with E-state index in [-0.39, 0.29) is 11.4 Å². The molecule has 0 radical (unpaired) electrons. The standard InChI is InChI=1S/C19H21NO7/c1-23-15-7-11-5-6-27-19(12(11)8-16(15)24-2)13-9-17(25-3)18(26-4)10-14(13)20(21)22/h7-10,19H,5-6H2,1-4H3/t19-/m1/s1. The van der Waals surface area contributed by atoms with Crippen LogP contribution in [0.3, 0.4) is 0 Å². The molecule has 1 heterocycles. The molecule has 0 fully saturated rings. The molecule has 144 valence electrons. The predicted octanol–water partition coefficient (Wildman–Crippen LogP) is 3.29. The minimum atomic E-state index is -0.631. The number of hydrogen-bond acceptors (Lipinski definition) is 7. The van der Waals surface area contributed by atoms with Crippen LogP contribution in [-0.2, 0) is 11.2 Å². The molecule has 0 unspecified atom stereocenters. The minimum absolute atomic E-state index is 0.0970. The molecule has 0 spiro atoms. The number of benzene rings is 2. The first-order valence-electron chi connectivity index (χ1n) is 8.30. The van der Waals surface area contributed by atoms with Crippen molar-refractivity contribution in [2.45, 2.75) is 12.5 Å². The quantitative estimate of drug-likeness (QED) is 0.565. The van der Waals surface area contributed by atoms with Gasteiger partial charge < -0.3 is 23.7 Å². The van der Waals surface area contributed by atoms with Crippen LogP contribution in [0.15, 0.2) is 24.3 Å². The van der Waals surface area contributed by atoms with Gasteiger partial charge in [-0.05, 0) is 35.7 Å². The molecular weight excluding hydrogens is 354 g/mol. The van der Waals surface area contributed by atoms with Gasteiger partial charge in [-0.3, -0.25) is 10.1 Å². The second kappa shape index (κ2) is 7.71. The molecule has 3 rings (SSSR count). The minimum Gasteiger partial charge on any atom is -0.493 e. The van der Waals surface area contributed by atoms with E-state index in [9.17, 15) is 10.1 Å². The van der Waals surface area contributed by atoms with Gasteiger partial charge >= 0.3 is 0 Å². The molecule has 27 heavy (non-hydrogen) atoms. The van der Waals surface area contributed by atoms with Crippen LogP contribution in [0.25, 0.3) is 0 Å². The van der Waals surface area contributed by atoms with Gasteiger partial charge in [0.25, 0.3) is 5.69 Å². The third-order valence-corrected chi connectivity index (χ3v) is 4.60. The highest BCUT2D eigenvalue weighted by Gasteiger charge is 2.32. The Morgan fingerprint density at radius 1 is 0.889 bits per heavy atom. The Bertz CT molecular complexity index is 866. The monoisotopic (exact) mass is 375 g/mol. The highest BCUT2D eigenvalue weighted by Crippen LogP contribution is 2.45. The van der Waals surface area contributed by atoms with E-state index in [2.05, 4.69) is 0 Å². The summed E-state index contributed by atoms with van der Waals surface area (Å²) in [5.74, 6) is 1.83. The van der Waals surface area contributed by atoms with Crippen molar-refractivity contribution in [1.29, 1.82) is 0 Å². The summed E-state index contributed by atoms with van der Waals surface area (Å²) < 4.78 is 27.2. The molecule has 2 aromatic carbocycles. The lowest BCUT2D eigenvalue weighted by molar-refractivity contribution is -0.386. The molecule has 0 aromatic heterocycles. The summed E-state index contributed by atoms with van der Waals surface area (Å²) in [4.78, 5) is 11.2. The van der Waals surface area contributed by atoms with Crippen LogP contribution in [0.1, 0.15) is 22.8 Å². The zero-order valence-electron chi connectivity index (χ0n) is 15.6. The summed E-state index contributed by atoms with van der Waals surface area (Å²) in [7, 11) is 6.03. The number of ether oxygens (including phenoxy) is 5. The fourth-order valence-electron chi connectivity index (χ4n) is 3.28.